The van der Waals surface area contributed by atoms with Gasteiger partial charge in [-0.15, -0.1) is 0 Å². The number of nitrogens with one attached hydrogen (secondary N) is 1. The summed E-state index contributed by atoms with van der Waals surface area (Å²) in [6, 6.07) is 3.73. The van der Waals surface area contributed by atoms with Crippen molar-refractivity contribution < 1.29 is 4.92 Å². The van der Waals surface area contributed by atoms with Gasteiger partial charge in [-0.05, 0) is 37.5 Å². The van der Waals surface area contributed by atoms with Crippen LogP contribution in [0, 0.1) is 17.0 Å². The third kappa shape index (κ3) is 2.03. The summed E-state index contributed by atoms with van der Waals surface area (Å²) in [5.41, 5.74) is 1.07. The molecular weight excluding hydrogens is 338 g/mol. The molecule has 0 radical (unpaired) electrons. The van der Waals surface area contributed by atoms with Gasteiger partial charge in [-0.1, -0.05) is 15.9 Å². The van der Waals surface area contributed by atoms with Crippen molar-refractivity contribution in [3.05, 3.63) is 42.6 Å². The van der Waals surface area contributed by atoms with Gasteiger partial charge >= 0.3 is 11.2 Å². The Hall–Kier alpha value is -1.89. The number of benzene rings is 1. The van der Waals surface area contributed by atoms with Crippen molar-refractivity contribution in [1.29, 1.82) is 0 Å². The Morgan fingerprint density at radius 1 is 1.43 bits per heavy atom. The van der Waals surface area contributed by atoms with E-state index in [1.54, 1.807) is 11.6 Å². The number of nitro groups is 1. The lowest BCUT2D eigenvalue weighted by Crippen LogP contribution is -2.24. The molecule has 1 N–H and O–H groups in total. The van der Waals surface area contributed by atoms with Gasteiger partial charge < -0.3 is 5.32 Å². The highest BCUT2D eigenvalue weighted by molar-refractivity contribution is 9.10. The van der Waals surface area contributed by atoms with Crippen molar-refractivity contribution in [3.63, 3.8) is 0 Å². The molecule has 1 aromatic carbocycles. The zero-order valence-electron chi connectivity index (χ0n) is 11.6. The SMILES string of the molecule is CNc1c([N+](=O)[O-])c(=O)n(C2CC2)c2c(C)c(Br)ccc12. The number of hydrogen-bond acceptors (Lipinski definition) is 4. The van der Waals surface area contributed by atoms with Crippen LogP contribution < -0.4 is 10.9 Å². The number of rotatable bonds is 3. The zero-order chi connectivity index (χ0) is 15.3. The van der Waals surface area contributed by atoms with E-state index in [0.29, 0.717) is 5.39 Å². The van der Waals surface area contributed by atoms with Gasteiger partial charge in [-0.2, -0.15) is 0 Å². The number of aryl methyl sites for hydroxylation is 1. The maximum atomic E-state index is 12.6. The number of nitrogens with zero attached hydrogens (tertiary/aromatic N) is 2. The highest BCUT2D eigenvalue weighted by Crippen LogP contribution is 2.41. The monoisotopic (exact) mass is 351 g/mol. The lowest BCUT2D eigenvalue weighted by Gasteiger charge is -2.16. The fourth-order valence-electron chi connectivity index (χ4n) is 2.74. The molecule has 6 nitrogen and oxygen atoms in total. The largest absolute Gasteiger partial charge is 0.382 e. The molecule has 1 aromatic heterocycles. The van der Waals surface area contributed by atoms with Crippen LogP contribution in [0.1, 0.15) is 24.4 Å². The second kappa shape index (κ2) is 4.84. The normalized spacial score (nSPS) is 14.4. The maximum Gasteiger partial charge on any atom is 0.357 e. The number of hydrogen-bond donors (Lipinski definition) is 1. The molecule has 2 aromatic rings. The lowest BCUT2D eigenvalue weighted by molar-refractivity contribution is -0.385. The summed E-state index contributed by atoms with van der Waals surface area (Å²) in [5, 5.41) is 14.9. The fraction of sp³-hybridized carbons (Fsp3) is 0.357. The molecule has 3 rings (SSSR count). The predicted octanol–water partition coefficient (Wildman–Crippen LogP) is 3.36. The number of aromatic nitrogens is 1. The van der Waals surface area contributed by atoms with Gasteiger partial charge in [-0.3, -0.25) is 19.5 Å². The van der Waals surface area contributed by atoms with Crippen LogP contribution in [0.25, 0.3) is 10.9 Å². The average Bonchev–Trinajstić information content (AvgIpc) is 3.25. The van der Waals surface area contributed by atoms with Gasteiger partial charge in [-0.25, -0.2) is 0 Å². The van der Waals surface area contributed by atoms with Gasteiger partial charge in [0.05, 0.1) is 10.4 Å². The first-order chi connectivity index (χ1) is 9.97. The van der Waals surface area contributed by atoms with E-state index >= 15 is 0 Å². The molecule has 0 atom stereocenters. The lowest BCUT2D eigenvalue weighted by atomic mass is 10.1. The molecule has 1 aliphatic carbocycles. The quantitative estimate of drug-likeness (QED) is 0.679. The van der Waals surface area contributed by atoms with Gasteiger partial charge in [0.15, 0.2) is 0 Å². The zero-order valence-corrected chi connectivity index (χ0v) is 13.2. The predicted molar refractivity (Wildman–Crippen MR) is 85.1 cm³/mol. The highest BCUT2D eigenvalue weighted by Gasteiger charge is 2.33. The summed E-state index contributed by atoms with van der Waals surface area (Å²) in [5.74, 6) is 0. The molecule has 21 heavy (non-hydrogen) atoms. The fourth-order valence-corrected chi connectivity index (χ4v) is 3.06. The van der Waals surface area contributed by atoms with Crippen LogP contribution in [0.4, 0.5) is 11.4 Å². The molecule has 0 unspecified atom stereocenters. The number of halogens is 1. The average molecular weight is 352 g/mol. The van der Waals surface area contributed by atoms with Gasteiger partial charge in [0.1, 0.15) is 5.69 Å². The van der Waals surface area contributed by atoms with Gasteiger partial charge in [0.25, 0.3) is 0 Å². The molecule has 0 aliphatic heterocycles. The molecule has 0 spiro atoms. The molecule has 0 bridgehead atoms. The standard InChI is InChI=1S/C14H14BrN3O3/c1-7-10(15)6-5-9-11(16-2)13(18(20)21)14(19)17(12(7)9)8-3-4-8/h5-6,8,16H,3-4H2,1-2H3. The highest BCUT2D eigenvalue weighted by atomic mass is 79.9. The minimum Gasteiger partial charge on any atom is -0.382 e. The summed E-state index contributed by atoms with van der Waals surface area (Å²) in [6.45, 7) is 1.91. The molecule has 1 fully saturated rings. The van der Waals surface area contributed by atoms with Crippen molar-refractivity contribution in [1.82, 2.24) is 4.57 Å². The minimum atomic E-state index is -0.593. The van der Waals surface area contributed by atoms with Crippen molar-refractivity contribution in [2.75, 3.05) is 12.4 Å². The Balaban J connectivity index is 2.58. The summed E-state index contributed by atoms with van der Waals surface area (Å²) in [6.07, 6.45) is 1.77. The van der Waals surface area contributed by atoms with E-state index in [1.807, 2.05) is 19.1 Å². The second-order valence-corrected chi connectivity index (χ2v) is 6.06. The molecular formula is C14H14BrN3O3. The van der Waals surface area contributed by atoms with E-state index in [4.69, 9.17) is 0 Å². The van der Waals surface area contributed by atoms with Crippen molar-refractivity contribution in [2.24, 2.45) is 0 Å². The Labute approximate surface area is 129 Å². The molecule has 1 aliphatic rings. The molecule has 0 saturated heterocycles. The number of fused-ring (bicyclic) bond motifs is 1. The van der Waals surface area contributed by atoms with Gasteiger partial charge in [0, 0.05) is 22.9 Å². The molecule has 0 amide bonds. The van der Waals surface area contributed by atoms with E-state index < -0.39 is 10.5 Å². The Morgan fingerprint density at radius 2 is 2.10 bits per heavy atom. The van der Waals surface area contributed by atoms with Crippen LogP contribution in [0.2, 0.25) is 0 Å². The van der Waals surface area contributed by atoms with Gasteiger partial charge in [0.2, 0.25) is 0 Å². The van der Waals surface area contributed by atoms with E-state index in [-0.39, 0.29) is 17.4 Å². The first-order valence-electron chi connectivity index (χ1n) is 6.66. The van der Waals surface area contributed by atoms with Crippen LogP contribution in [0.5, 0.6) is 0 Å². The first-order valence-corrected chi connectivity index (χ1v) is 7.46. The molecule has 1 heterocycles. The van der Waals surface area contributed by atoms with Crippen molar-refractivity contribution in [3.8, 4) is 0 Å². The third-order valence-electron chi connectivity index (χ3n) is 3.88. The number of anilines is 1. The van der Waals surface area contributed by atoms with Crippen LogP contribution in [-0.4, -0.2) is 16.5 Å². The van der Waals surface area contributed by atoms with Crippen LogP contribution in [0.3, 0.4) is 0 Å². The van der Waals surface area contributed by atoms with E-state index in [1.165, 1.54) is 0 Å². The molecule has 1 saturated carbocycles. The summed E-state index contributed by atoms with van der Waals surface area (Å²) < 4.78 is 2.48. The summed E-state index contributed by atoms with van der Waals surface area (Å²) >= 11 is 3.47. The third-order valence-corrected chi connectivity index (χ3v) is 4.74. The second-order valence-electron chi connectivity index (χ2n) is 5.21. The smallest absolute Gasteiger partial charge is 0.357 e. The van der Waals surface area contributed by atoms with Crippen LogP contribution in [0.15, 0.2) is 21.4 Å². The summed E-state index contributed by atoms with van der Waals surface area (Å²) in [4.78, 5) is 23.4. The molecule has 7 heteroatoms. The topological polar surface area (TPSA) is 77.2 Å². The Morgan fingerprint density at radius 3 is 2.62 bits per heavy atom. The van der Waals surface area contributed by atoms with E-state index in [2.05, 4.69) is 21.2 Å². The van der Waals surface area contributed by atoms with Crippen LogP contribution >= 0.6 is 15.9 Å². The van der Waals surface area contributed by atoms with Crippen molar-refractivity contribution >= 4 is 38.2 Å². The Bertz CT molecular complexity index is 825. The van der Waals surface area contributed by atoms with E-state index in [9.17, 15) is 14.9 Å². The maximum absolute atomic E-state index is 12.6. The Kier molecular flexibility index (Phi) is 3.24. The van der Waals surface area contributed by atoms with E-state index in [0.717, 1.165) is 28.4 Å². The minimum absolute atomic E-state index is 0.0672. The van der Waals surface area contributed by atoms with Crippen molar-refractivity contribution in [2.45, 2.75) is 25.8 Å². The summed E-state index contributed by atoms with van der Waals surface area (Å²) in [7, 11) is 1.60. The van der Waals surface area contributed by atoms with Crippen LogP contribution in [-0.2, 0) is 0 Å². The first kappa shape index (κ1) is 14.1. The number of pyridine rings is 1. The molecule has 110 valence electrons.